The zero-order valence-corrected chi connectivity index (χ0v) is 19.7. The molecule has 6 nitrogen and oxygen atoms in total. The van der Waals surface area contributed by atoms with E-state index in [1.807, 2.05) is 0 Å². The highest BCUT2D eigenvalue weighted by molar-refractivity contribution is 7.88. The minimum absolute atomic E-state index is 0.144. The minimum atomic E-state index is -6.45. The molecule has 0 radical (unpaired) electrons. The fourth-order valence-corrected chi connectivity index (χ4v) is 4.54. The van der Waals surface area contributed by atoms with E-state index in [9.17, 15) is 43.2 Å². The van der Waals surface area contributed by atoms with Crippen LogP contribution in [0, 0.1) is 11.6 Å². The van der Waals surface area contributed by atoms with Gasteiger partial charge in [0.2, 0.25) is 0 Å². The normalized spacial score (nSPS) is 13.2. The molecule has 0 aliphatic rings. The number of benzene rings is 4. The molecule has 0 amide bonds. The van der Waals surface area contributed by atoms with Crippen LogP contribution < -0.4 is 8.37 Å². The van der Waals surface area contributed by atoms with Crippen molar-refractivity contribution in [2.24, 2.45) is 0 Å². The lowest BCUT2D eigenvalue weighted by Gasteiger charge is -2.20. The third kappa shape index (κ3) is 4.69. The van der Waals surface area contributed by atoms with Crippen LogP contribution >= 0.6 is 0 Å². The van der Waals surface area contributed by atoms with Gasteiger partial charge in [-0.2, -0.15) is 43.2 Å². The Labute approximate surface area is 208 Å². The zero-order valence-electron chi connectivity index (χ0n) is 18.1. The van der Waals surface area contributed by atoms with E-state index in [1.54, 1.807) is 0 Å². The van der Waals surface area contributed by atoms with Crippen molar-refractivity contribution in [3.05, 3.63) is 72.3 Å². The fraction of sp³-hybridized carbons (Fsp3) is 0.0909. The van der Waals surface area contributed by atoms with Gasteiger partial charge in [0.1, 0.15) is 11.6 Å². The summed E-state index contributed by atoms with van der Waals surface area (Å²) in [5.74, 6) is -5.09. The highest BCUT2D eigenvalue weighted by Crippen LogP contribution is 2.48. The smallest absolute Gasteiger partial charge is 0.375 e. The van der Waals surface area contributed by atoms with E-state index >= 15 is 8.78 Å². The second kappa shape index (κ2) is 8.97. The fourth-order valence-electron chi connectivity index (χ4n) is 3.60. The second-order valence-corrected chi connectivity index (χ2v) is 10.6. The first-order valence-corrected chi connectivity index (χ1v) is 12.7. The number of rotatable bonds is 5. The monoisotopic (exact) mass is 586 g/mol. The van der Waals surface area contributed by atoms with Crippen molar-refractivity contribution in [2.75, 3.05) is 0 Å². The molecule has 4 aromatic carbocycles. The number of fused-ring (bicyclic) bond motifs is 2. The Bertz CT molecular complexity index is 1660. The average Bonchev–Trinajstić information content (AvgIpc) is 2.78. The lowest BCUT2D eigenvalue weighted by Crippen LogP contribution is -2.28. The van der Waals surface area contributed by atoms with Gasteiger partial charge in [0.05, 0.1) is 0 Å². The van der Waals surface area contributed by atoms with Crippen molar-refractivity contribution in [1.82, 2.24) is 0 Å². The van der Waals surface area contributed by atoms with E-state index in [0.29, 0.717) is 12.1 Å². The molecular formula is C22H10F8O6S2. The Morgan fingerprint density at radius 1 is 0.526 bits per heavy atom. The van der Waals surface area contributed by atoms with Gasteiger partial charge in [-0.15, -0.1) is 0 Å². The highest BCUT2D eigenvalue weighted by Gasteiger charge is 2.50. The molecule has 38 heavy (non-hydrogen) atoms. The van der Waals surface area contributed by atoms with Crippen molar-refractivity contribution in [3.63, 3.8) is 0 Å². The van der Waals surface area contributed by atoms with E-state index in [4.69, 9.17) is 0 Å². The van der Waals surface area contributed by atoms with E-state index < -0.39 is 76.3 Å². The molecule has 4 aromatic rings. The van der Waals surface area contributed by atoms with Crippen LogP contribution in [-0.2, 0) is 20.2 Å². The van der Waals surface area contributed by atoms with Crippen LogP contribution in [0.4, 0.5) is 35.1 Å². The summed E-state index contributed by atoms with van der Waals surface area (Å²) in [6.45, 7) is 0. The van der Waals surface area contributed by atoms with Gasteiger partial charge in [-0.1, -0.05) is 36.4 Å². The molecule has 0 N–H and O–H groups in total. The molecular weight excluding hydrogens is 576 g/mol. The SMILES string of the molecule is O=S(=O)(Oc1ccc2cccc(F)c2c1-c1c(OS(=O)(=O)C(F)(F)F)ccc2cccc(F)c12)C(F)(F)F. The molecule has 0 aliphatic heterocycles. The highest BCUT2D eigenvalue weighted by atomic mass is 32.2. The summed E-state index contributed by atoms with van der Waals surface area (Å²) in [5.41, 5.74) is -14.0. The van der Waals surface area contributed by atoms with Crippen LogP contribution in [0.1, 0.15) is 0 Å². The van der Waals surface area contributed by atoms with Gasteiger partial charge < -0.3 is 8.37 Å². The topological polar surface area (TPSA) is 86.7 Å². The molecule has 16 heteroatoms. The second-order valence-electron chi connectivity index (χ2n) is 7.52. The van der Waals surface area contributed by atoms with Gasteiger partial charge in [-0.25, -0.2) is 8.78 Å². The van der Waals surface area contributed by atoms with Crippen LogP contribution in [0.15, 0.2) is 60.7 Å². The summed E-state index contributed by atoms with van der Waals surface area (Å²) in [6, 6.07) is 9.29. The van der Waals surface area contributed by atoms with Crippen LogP contribution in [0.5, 0.6) is 11.5 Å². The first kappa shape index (κ1) is 27.4. The maximum absolute atomic E-state index is 15.1. The van der Waals surface area contributed by atoms with E-state index in [2.05, 4.69) is 8.37 Å². The molecule has 0 atom stereocenters. The molecule has 4 rings (SSSR count). The van der Waals surface area contributed by atoms with Gasteiger partial charge in [0.15, 0.2) is 11.5 Å². The van der Waals surface area contributed by atoms with Gasteiger partial charge in [-0.05, 0) is 35.0 Å². The maximum Gasteiger partial charge on any atom is 0.534 e. The maximum atomic E-state index is 15.1. The molecule has 0 bridgehead atoms. The molecule has 0 aromatic heterocycles. The molecule has 0 saturated carbocycles. The molecule has 0 saturated heterocycles. The summed E-state index contributed by atoms with van der Waals surface area (Å²) in [6.07, 6.45) is 0. The van der Waals surface area contributed by atoms with Crippen LogP contribution in [-0.4, -0.2) is 27.9 Å². The number of hydrogen-bond donors (Lipinski definition) is 0. The summed E-state index contributed by atoms with van der Waals surface area (Å²) in [5, 5.41) is -1.75. The van der Waals surface area contributed by atoms with Crippen molar-refractivity contribution in [2.45, 2.75) is 11.0 Å². The Kier molecular flexibility index (Phi) is 6.46. The molecule has 0 fully saturated rings. The van der Waals surface area contributed by atoms with Gasteiger partial charge in [0.25, 0.3) is 0 Å². The minimum Gasteiger partial charge on any atom is -0.375 e. The number of hydrogen-bond acceptors (Lipinski definition) is 6. The lowest BCUT2D eigenvalue weighted by atomic mass is 9.92. The van der Waals surface area contributed by atoms with Crippen molar-refractivity contribution >= 4 is 41.8 Å². The Morgan fingerprint density at radius 3 is 1.18 bits per heavy atom. The van der Waals surface area contributed by atoms with Crippen LogP contribution in [0.2, 0.25) is 0 Å². The van der Waals surface area contributed by atoms with E-state index in [1.165, 1.54) is 12.1 Å². The van der Waals surface area contributed by atoms with Crippen molar-refractivity contribution < 1.29 is 60.3 Å². The Balaban J connectivity index is 2.22. The Morgan fingerprint density at radius 2 is 0.868 bits per heavy atom. The predicted molar refractivity (Wildman–Crippen MR) is 118 cm³/mol. The summed E-state index contributed by atoms with van der Waals surface area (Å²) < 4.78 is 164. The standard InChI is InChI=1S/C22H10F8O6S2/c23-13-5-1-3-11-7-9-15(35-37(31,32)21(25,26)27)19(17(11)13)20-16(36-38(33,34)22(28,29)30)10-8-12-4-2-6-14(24)18(12)20/h1-10H. The molecule has 0 heterocycles. The summed E-state index contributed by atoms with van der Waals surface area (Å²) in [7, 11) is -12.9. The number of halogens is 8. The van der Waals surface area contributed by atoms with Crippen molar-refractivity contribution in [3.8, 4) is 22.6 Å². The first-order chi connectivity index (χ1) is 17.4. The third-order valence-corrected chi connectivity index (χ3v) is 7.06. The quantitative estimate of drug-likeness (QED) is 0.153. The van der Waals surface area contributed by atoms with E-state index in [0.717, 1.165) is 36.4 Å². The third-order valence-electron chi connectivity index (χ3n) is 5.13. The average molecular weight is 586 g/mol. The summed E-state index contributed by atoms with van der Waals surface area (Å²) in [4.78, 5) is 0. The molecule has 202 valence electrons. The lowest BCUT2D eigenvalue weighted by molar-refractivity contribution is -0.0505. The first-order valence-electron chi connectivity index (χ1n) is 9.89. The van der Waals surface area contributed by atoms with Crippen LogP contribution in [0.3, 0.4) is 0 Å². The molecule has 0 aliphatic carbocycles. The molecule has 0 unspecified atom stereocenters. The van der Waals surface area contributed by atoms with Crippen LogP contribution in [0.25, 0.3) is 32.7 Å². The zero-order chi connectivity index (χ0) is 28.3. The number of alkyl halides is 6. The Hall–Kier alpha value is -3.66. The largest absolute Gasteiger partial charge is 0.534 e. The van der Waals surface area contributed by atoms with Crippen molar-refractivity contribution in [1.29, 1.82) is 0 Å². The predicted octanol–water partition coefficient (Wildman–Crippen LogP) is 6.40. The van der Waals surface area contributed by atoms with Gasteiger partial charge >= 0.3 is 31.3 Å². The van der Waals surface area contributed by atoms with Gasteiger partial charge in [-0.3, -0.25) is 0 Å². The van der Waals surface area contributed by atoms with Gasteiger partial charge in [0, 0.05) is 21.9 Å². The molecule has 0 spiro atoms. The van der Waals surface area contributed by atoms with E-state index in [-0.39, 0.29) is 10.8 Å². The summed E-state index contributed by atoms with van der Waals surface area (Å²) >= 11 is 0.